The van der Waals surface area contributed by atoms with Gasteiger partial charge in [0, 0.05) is 6.21 Å². The Kier molecular flexibility index (Phi) is 3.24. The Morgan fingerprint density at radius 3 is 2.20 bits per heavy atom. The van der Waals surface area contributed by atoms with Crippen LogP contribution in [0, 0.1) is 0 Å². The van der Waals surface area contributed by atoms with Gasteiger partial charge in [-0.15, -0.1) is 0 Å². The van der Waals surface area contributed by atoms with Gasteiger partial charge in [0.15, 0.2) is 0 Å². The molecule has 0 bridgehead atoms. The second-order valence-electron chi connectivity index (χ2n) is 4.36. The lowest BCUT2D eigenvalue weighted by molar-refractivity contribution is 0.0697. The molecule has 15 heavy (non-hydrogen) atoms. The molecule has 0 aliphatic heterocycles. The van der Waals surface area contributed by atoms with E-state index in [-0.39, 0.29) is 5.54 Å². The normalized spacial score (nSPS) is 11.9. The number of aromatic carboxylic acids is 1. The standard InChI is InChI=1S/C12H15NO2/c1-12(2,3)13-8-9-4-6-10(7-5-9)11(14)15/h4-8H,1-3H3,(H,14,15)/b13-8+. The van der Waals surface area contributed by atoms with Crippen molar-refractivity contribution in [3.05, 3.63) is 35.4 Å². The molecule has 0 aromatic heterocycles. The van der Waals surface area contributed by atoms with Crippen molar-refractivity contribution in [3.8, 4) is 0 Å². The van der Waals surface area contributed by atoms with Gasteiger partial charge in [-0.25, -0.2) is 4.79 Å². The molecule has 0 aliphatic carbocycles. The Labute approximate surface area is 89.5 Å². The molecule has 80 valence electrons. The number of aliphatic imine (C=N–C) groups is 1. The summed E-state index contributed by atoms with van der Waals surface area (Å²) in [5.74, 6) is -0.908. The van der Waals surface area contributed by atoms with E-state index in [4.69, 9.17) is 5.11 Å². The van der Waals surface area contributed by atoms with Gasteiger partial charge in [-0.2, -0.15) is 0 Å². The van der Waals surface area contributed by atoms with Crippen molar-refractivity contribution >= 4 is 12.2 Å². The van der Waals surface area contributed by atoms with Crippen molar-refractivity contribution in [2.45, 2.75) is 26.3 Å². The van der Waals surface area contributed by atoms with Crippen LogP contribution >= 0.6 is 0 Å². The first-order valence-corrected chi connectivity index (χ1v) is 4.77. The highest BCUT2D eigenvalue weighted by Gasteiger charge is 2.05. The van der Waals surface area contributed by atoms with Crippen molar-refractivity contribution in [3.63, 3.8) is 0 Å². The molecule has 1 N–H and O–H groups in total. The third-order valence-corrected chi connectivity index (χ3v) is 1.76. The zero-order valence-corrected chi connectivity index (χ0v) is 9.19. The highest BCUT2D eigenvalue weighted by molar-refractivity contribution is 5.89. The Morgan fingerprint density at radius 1 is 1.27 bits per heavy atom. The summed E-state index contributed by atoms with van der Waals surface area (Å²) >= 11 is 0. The number of hydrogen-bond acceptors (Lipinski definition) is 2. The summed E-state index contributed by atoms with van der Waals surface area (Å²) in [6, 6.07) is 6.65. The molecule has 0 heterocycles. The van der Waals surface area contributed by atoms with Crippen LogP contribution in [0.5, 0.6) is 0 Å². The predicted molar refractivity (Wildman–Crippen MR) is 60.7 cm³/mol. The van der Waals surface area contributed by atoms with Crippen molar-refractivity contribution in [2.24, 2.45) is 4.99 Å². The summed E-state index contributed by atoms with van der Waals surface area (Å²) in [6.45, 7) is 6.03. The van der Waals surface area contributed by atoms with Gasteiger partial charge in [-0.05, 0) is 38.5 Å². The van der Waals surface area contributed by atoms with Crippen molar-refractivity contribution in [1.82, 2.24) is 0 Å². The maximum atomic E-state index is 10.6. The van der Waals surface area contributed by atoms with Crippen LogP contribution in [0.25, 0.3) is 0 Å². The Bertz CT molecular complexity index is 372. The number of hydrogen-bond donors (Lipinski definition) is 1. The zero-order valence-electron chi connectivity index (χ0n) is 9.19. The average molecular weight is 205 g/mol. The molecule has 0 spiro atoms. The van der Waals surface area contributed by atoms with Gasteiger partial charge in [-0.1, -0.05) is 12.1 Å². The van der Waals surface area contributed by atoms with E-state index in [9.17, 15) is 4.79 Å². The molecule has 0 amide bonds. The minimum Gasteiger partial charge on any atom is -0.478 e. The topological polar surface area (TPSA) is 49.7 Å². The minimum atomic E-state index is -0.908. The fourth-order valence-electron chi connectivity index (χ4n) is 0.980. The van der Waals surface area contributed by atoms with Gasteiger partial charge >= 0.3 is 5.97 Å². The second kappa shape index (κ2) is 4.26. The van der Waals surface area contributed by atoms with E-state index >= 15 is 0 Å². The SMILES string of the molecule is CC(C)(C)/N=C/c1ccc(C(=O)O)cc1. The molecule has 0 unspecified atom stereocenters. The van der Waals surface area contributed by atoms with Crippen LogP contribution in [0.4, 0.5) is 0 Å². The highest BCUT2D eigenvalue weighted by atomic mass is 16.4. The molecule has 1 rings (SSSR count). The van der Waals surface area contributed by atoms with E-state index in [1.165, 1.54) is 0 Å². The van der Waals surface area contributed by atoms with Gasteiger partial charge < -0.3 is 5.11 Å². The van der Waals surface area contributed by atoms with Gasteiger partial charge in [0.25, 0.3) is 0 Å². The summed E-state index contributed by atoms with van der Waals surface area (Å²) in [5.41, 5.74) is 1.10. The lowest BCUT2D eigenvalue weighted by Crippen LogP contribution is -2.09. The molecule has 1 aromatic carbocycles. The Balaban J connectivity index is 2.82. The van der Waals surface area contributed by atoms with Crippen LogP contribution < -0.4 is 0 Å². The van der Waals surface area contributed by atoms with Crippen molar-refractivity contribution in [2.75, 3.05) is 0 Å². The lowest BCUT2D eigenvalue weighted by Gasteiger charge is -2.10. The Hall–Kier alpha value is -1.64. The number of carbonyl (C=O) groups is 1. The molecule has 0 fully saturated rings. The molecule has 3 heteroatoms. The zero-order chi connectivity index (χ0) is 11.5. The minimum absolute atomic E-state index is 0.106. The maximum Gasteiger partial charge on any atom is 0.335 e. The third kappa shape index (κ3) is 3.94. The quantitative estimate of drug-likeness (QED) is 0.754. The molecule has 0 saturated heterocycles. The van der Waals surface area contributed by atoms with E-state index in [1.807, 2.05) is 20.8 Å². The van der Waals surface area contributed by atoms with E-state index in [0.29, 0.717) is 5.56 Å². The summed E-state index contributed by atoms with van der Waals surface area (Å²) in [6.07, 6.45) is 1.76. The fourth-order valence-corrected chi connectivity index (χ4v) is 0.980. The largest absolute Gasteiger partial charge is 0.478 e. The fraction of sp³-hybridized carbons (Fsp3) is 0.333. The smallest absolute Gasteiger partial charge is 0.335 e. The van der Waals surface area contributed by atoms with Crippen LogP contribution in [-0.4, -0.2) is 22.8 Å². The molecular weight excluding hydrogens is 190 g/mol. The monoisotopic (exact) mass is 205 g/mol. The summed E-state index contributed by atoms with van der Waals surface area (Å²) in [5, 5.41) is 8.70. The van der Waals surface area contributed by atoms with E-state index in [1.54, 1.807) is 30.5 Å². The van der Waals surface area contributed by atoms with Crippen LogP contribution in [0.2, 0.25) is 0 Å². The van der Waals surface area contributed by atoms with Gasteiger partial charge in [0.05, 0.1) is 11.1 Å². The number of benzene rings is 1. The first-order valence-electron chi connectivity index (χ1n) is 4.77. The van der Waals surface area contributed by atoms with Gasteiger partial charge in [-0.3, -0.25) is 4.99 Å². The van der Waals surface area contributed by atoms with E-state index in [0.717, 1.165) is 5.56 Å². The van der Waals surface area contributed by atoms with Crippen LogP contribution in [0.15, 0.2) is 29.3 Å². The van der Waals surface area contributed by atoms with E-state index in [2.05, 4.69) is 4.99 Å². The summed E-state index contributed by atoms with van der Waals surface area (Å²) in [4.78, 5) is 14.9. The number of carboxylic acid groups (broad SMARTS) is 1. The lowest BCUT2D eigenvalue weighted by atomic mass is 10.1. The van der Waals surface area contributed by atoms with Crippen LogP contribution in [-0.2, 0) is 0 Å². The van der Waals surface area contributed by atoms with E-state index < -0.39 is 5.97 Å². The predicted octanol–water partition coefficient (Wildman–Crippen LogP) is 2.60. The first kappa shape index (κ1) is 11.4. The molecule has 0 saturated carbocycles. The third-order valence-electron chi connectivity index (χ3n) is 1.76. The number of rotatable bonds is 2. The molecule has 0 radical (unpaired) electrons. The number of nitrogens with zero attached hydrogens (tertiary/aromatic N) is 1. The van der Waals surface area contributed by atoms with Crippen LogP contribution in [0.3, 0.4) is 0 Å². The van der Waals surface area contributed by atoms with Gasteiger partial charge in [0.2, 0.25) is 0 Å². The molecule has 3 nitrogen and oxygen atoms in total. The highest BCUT2D eigenvalue weighted by Crippen LogP contribution is 2.07. The molecule has 0 atom stereocenters. The number of carboxylic acids is 1. The van der Waals surface area contributed by atoms with Gasteiger partial charge in [0.1, 0.15) is 0 Å². The second-order valence-corrected chi connectivity index (χ2v) is 4.36. The van der Waals surface area contributed by atoms with Crippen molar-refractivity contribution < 1.29 is 9.90 Å². The summed E-state index contributed by atoms with van der Waals surface area (Å²) in [7, 11) is 0. The van der Waals surface area contributed by atoms with Crippen molar-refractivity contribution in [1.29, 1.82) is 0 Å². The maximum absolute atomic E-state index is 10.6. The average Bonchev–Trinajstić information content (AvgIpc) is 2.14. The first-order chi connectivity index (χ1) is 6.88. The summed E-state index contributed by atoms with van der Waals surface area (Å²) < 4.78 is 0. The van der Waals surface area contributed by atoms with Crippen LogP contribution in [0.1, 0.15) is 36.7 Å². The Morgan fingerprint density at radius 2 is 1.80 bits per heavy atom. The molecule has 1 aromatic rings. The molecule has 0 aliphatic rings. The molecular formula is C12H15NO2.